The zero-order chi connectivity index (χ0) is 19.9. The van der Waals surface area contributed by atoms with E-state index in [2.05, 4.69) is 23.0 Å². The van der Waals surface area contributed by atoms with Gasteiger partial charge in [0.2, 0.25) is 0 Å². The van der Waals surface area contributed by atoms with Gasteiger partial charge in [0.1, 0.15) is 12.2 Å². The summed E-state index contributed by atoms with van der Waals surface area (Å²) in [7, 11) is 2.19. The maximum atomic E-state index is 10.1. The van der Waals surface area contributed by atoms with Crippen molar-refractivity contribution in [3.63, 3.8) is 0 Å². The molecule has 10 nitrogen and oxygen atoms in total. The van der Waals surface area contributed by atoms with Gasteiger partial charge in [-0.2, -0.15) is 0 Å². The van der Waals surface area contributed by atoms with Crippen LogP contribution in [0.5, 0.6) is 0 Å². The van der Waals surface area contributed by atoms with E-state index < -0.39 is 36.4 Å². The number of carboxylic acid groups (broad SMARTS) is 2. The van der Waals surface area contributed by atoms with E-state index in [9.17, 15) is 9.59 Å². The third-order valence-corrected chi connectivity index (χ3v) is 4.09. The summed E-state index contributed by atoms with van der Waals surface area (Å²) in [5.41, 5.74) is 1.36. The van der Waals surface area contributed by atoms with Crippen LogP contribution in [0.3, 0.4) is 0 Å². The number of carboxylic acids is 2. The fraction of sp³-hybridized carbons (Fsp3) is 0.562. The second kappa shape index (κ2) is 10.1. The van der Waals surface area contributed by atoms with E-state index in [-0.39, 0.29) is 0 Å². The van der Waals surface area contributed by atoms with Crippen LogP contribution in [-0.2, 0) is 9.59 Å². The van der Waals surface area contributed by atoms with Crippen LogP contribution < -0.4 is 0 Å². The van der Waals surface area contributed by atoms with E-state index in [0.717, 1.165) is 0 Å². The Labute approximate surface area is 150 Å². The second-order valence-corrected chi connectivity index (χ2v) is 5.97. The molecule has 0 spiro atoms. The Hall–Kier alpha value is -2.11. The Balaban J connectivity index is 0.000000262. The standard InChI is InChI=1S/C10H14N2.C6H10O8/c1-12-7-3-5-10(12)9-4-2-6-11-8-9;7-1(3(9)5(11)12)2(8)4(10)6(13)14/h2,4,6,8,10H,3,5,7H2,1H3;1-4,7-10H,(H,11,12)(H,13,14). The first-order valence-corrected chi connectivity index (χ1v) is 7.94. The monoisotopic (exact) mass is 372 g/mol. The van der Waals surface area contributed by atoms with Crippen molar-refractivity contribution in [3.8, 4) is 0 Å². The Morgan fingerprint density at radius 1 is 1.12 bits per heavy atom. The van der Waals surface area contributed by atoms with Crippen LogP contribution in [-0.4, -0.2) is 90.5 Å². The highest BCUT2D eigenvalue weighted by atomic mass is 16.4. The number of hydrogen-bond donors (Lipinski definition) is 6. The molecule has 5 atom stereocenters. The van der Waals surface area contributed by atoms with Crippen molar-refractivity contribution in [2.24, 2.45) is 0 Å². The van der Waals surface area contributed by atoms with E-state index in [0.29, 0.717) is 6.04 Å². The molecule has 146 valence electrons. The second-order valence-electron chi connectivity index (χ2n) is 5.97. The number of pyridine rings is 1. The number of likely N-dealkylation sites (tertiary alicyclic amines) is 1. The molecule has 0 aromatic carbocycles. The number of aliphatic hydroxyl groups is 4. The molecule has 0 saturated carbocycles. The number of nitrogens with zero attached hydrogens (tertiary/aromatic N) is 2. The summed E-state index contributed by atoms with van der Waals surface area (Å²) in [5, 5.41) is 51.5. The first-order chi connectivity index (χ1) is 12.2. The van der Waals surface area contributed by atoms with Gasteiger partial charge in [0.05, 0.1) is 0 Å². The van der Waals surface area contributed by atoms with Crippen molar-refractivity contribution in [2.75, 3.05) is 13.6 Å². The summed E-state index contributed by atoms with van der Waals surface area (Å²) in [6.07, 6.45) is -2.88. The van der Waals surface area contributed by atoms with Crippen molar-refractivity contribution in [3.05, 3.63) is 30.1 Å². The molecule has 2 heterocycles. The van der Waals surface area contributed by atoms with E-state index in [4.69, 9.17) is 30.6 Å². The fourth-order valence-electron chi connectivity index (χ4n) is 2.57. The van der Waals surface area contributed by atoms with E-state index >= 15 is 0 Å². The first-order valence-electron chi connectivity index (χ1n) is 7.94. The van der Waals surface area contributed by atoms with Crippen LogP contribution >= 0.6 is 0 Å². The van der Waals surface area contributed by atoms with Gasteiger partial charge in [-0.25, -0.2) is 9.59 Å². The van der Waals surface area contributed by atoms with Crippen LogP contribution in [0.1, 0.15) is 24.4 Å². The van der Waals surface area contributed by atoms with Crippen LogP contribution in [0.25, 0.3) is 0 Å². The molecule has 5 unspecified atom stereocenters. The summed E-state index contributed by atoms with van der Waals surface area (Å²) >= 11 is 0. The van der Waals surface area contributed by atoms with Crippen molar-refractivity contribution < 1.29 is 40.2 Å². The third kappa shape index (κ3) is 6.00. The minimum Gasteiger partial charge on any atom is -0.479 e. The average molecular weight is 372 g/mol. The highest BCUT2D eigenvalue weighted by Gasteiger charge is 2.37. The number of carbonyl (C=O) groups is 2. The van der Waals surface area contributed by atoms with Gasteiger partial charge < -0.3 is 30.6 Å². The number of rotatable bonds is 6. The van der Waals surface area contributed by atoms with Crippen LogP contribution in [0.15, 0.2) is 24.5 Å². The number of aliphatic hydroxyl groups excluding tert-OH is 4. The van der Waals surface area contributed by atoms with Crippen LogP contribution in [0, 0.1) is 0 Å². The number of aliphatic carboxylic acids is 2. The molecule has 1 aliphatic heterocycles. The Bertz CT molecular complexity index is 561. The van der Waals surface area contributed by atoms with E-state index in [1.807, 2.05) is 18.5 Å². The lowest BCUT2D eigenvalue weighted by molar-refractivity contribution is -0.172. The van der Waals surface area contributed by atoms with Gasteiger partial charge in [-0.3, -0.25) is 9.88 Å². The first kappa shape index (κ1) is 21.9. The average Bonchev–Trinajstić information content (AvgIpc) is 3.06. The molecule has 0 aliphatic carbocycles. The Kier molecular flexibility index (Phi) is 8.55. The van der Waals surface area contributed by atoms with Crippen molar-refractivity contribution in [1.29, 1.82) is 0 Å². The molecule has 0 amide bonds. The van der Waals surface area contributed by atoms with Gasteiger partial charge in [0.15, 0.2) is 12.2 Å². The zero-order valence-corrected chi connectivity index (χ0v) is 14.2. The normalized spacial score (nSPS) is 21.8. The smallest absolute Gasteiger partial charge is 0.335 e. The number of hydrogen-bond acceptors (Lipinski definition) is 8. The lowest BCUT2D eigenvalue weighted by atomic mass is 10.0. The van der Waals surface area contributed by atoms with Crippen LogP contribution in [0.2, 0.25) is 0 Å². The molecule has 1 saturated heterocycles. The van der Waals surface area contributed by atoms with E-state index in [1.165, 1.54) is 24.9 Å². The molecule has 0 radical (unpaired) electrons. The molecule has 0 bridgehead atoms. The zero-order valence-electron chi connectivity index (χ0n) is 14.2. The predicted octanol–water partition coefficient (Wildman–Crippen LogP) is -1.55. The lowest BCUT2D eigenvalue weighted by Gasteiger charge is -2.21. The summed E-state index contributed by atoms with van der Waals surface area (Å²) < 4.78 is 0. The molecular weight excluding hydrogens is 348 g/mol. The maximum Gasteiger partial charge on any atom is 0.335 e. The summed E-state index contributed by atoms with van der Waals surface area (Å²) in [6.45, 7) is 1.22. The fourth-order valence-corrected chi connectivity index (χ4v) is 2.57. The van der Waals surface area contributed by atoms with Gasteiger partial charge >= 0.3 is 11.9 Å². The molecule has 10 heteroatoms. The molecule has 26 heavy (non-hydrogen) atoms. The van der Waals surface area contributed by atoms with Crippen molar-refractivity contribution in [1.82, 2.24) is 9.88 Å². The Morgan fingerprint density at radius 2 is 1.65 bits per heavy atom. The molecule has 1 aromatic heterocycles. The molecule has 1 aliphatic rings. The van der Waals surface area contributed by atoms with Crippen LogP contribution in [0.4, 0.5) is 0 Å². The predicted molar refractivity (Wildman–Crippen MR) is 88.1 cm³/mol. The SMILES string of the molecule is CN1CCCC1c1cccnc1.O=C(O)C(O)C(O)C(O)C(O)C(=O)O. The Morgan fingerprint density at radius 3 is 2.00 bits per heavy atom. The van der Waals surface area contributed by atoms with Gasteiger partial charge in [-0.05, 0) is 38.1 Å². The van der Waals surface area contributed by atoms with Gasteiger partial charge in [-0.1, -0.05) is 6.07 Å². The molecule has 6 N–H and O–H groups in total. The highest BCUT2D eigenvalue weighted by Crippen LogP contribution is 2.29. The molecule has 1 fully saturated rings. The maximum absolute atomic E-state index is 10.1. The largest absolute Gasteiger partial charge is 0.479 e. The third-order valence-electron chi connectivity index (χ3n) is 4.09. The minimum absolute atomic E-state index is 0.610. The molecule has 2 rings (SSSR count). The van der Waals surface area contributed by atoms with Gasteiger partial charge in [-0.15, -0.1) is 0 Å². The summed E-state index contributed by atoms with van der Waals surface area (Å²) in [6, 6.07) is 4.79. The summed E-state index contributed by atoms with van der Waals surface area (Å²) in [4.78, 5) is 26.7. The highest BCUT2D eigenvalue weighted by molar-refractivity contribution is 5.75. The molecule has 1 aromatic rings. The van der Waals surface area contributed by atoms with Crippen molar-refractivity contribution >= 4 is 11.9 Å². The van der Waals surface area contributed by atoms with E-state index in [1.54, 1.807) is 0 Å². The number of aromatic nitrogens is 1. The lowest BCUT2D eigenvalue weighted by Crippen LogP contribution is -2.49. The van der Waals surface area contributed by atoms with Gasteiger partial charge in [0.25, 0.3) is 0 Å². The quantitative estimate of drug-likeness (QED) is 0.343. The van der Waals surface area contributed by atoms with Gasteiger partial charge in [0, 0.05) is 18.4 Å². The molecular formula is C16H24N2O8. The summed E-state index contributed by atoms with van der Waals surface area (Å²) in [5.74, 6) is -3.68. The topological polar surface area (TPSA) is 172 Å². The van der Waals surface area contributed by atoms with Crippen molar-refractivity contribution in [2.45, 2.75) is 43.3 Å². The minimum atomic E-state index is -2.36.